The van der Waals surface area contributed by atoms with Crippen molar-refractivity contribution in [1.82, 2.24) is 0 Å². The molecule has 0 saturated carbocycles. The van der Waals surface area contributed by atoms with Crippen LogP contribution in [0.5, 0.6) is 0 Å². The summed E-state index contributed by atoms with van der Waals surface area (Å²) in [4.78, 5) is 0. The molecule has 0 aromatic heterocycles. The van der Waals surface area contributed by atoms with Crippen LogP contribution >= 0.6 is 0 Å². The Bertz CT molecular complexity index is 406. The van der Waals surface area contributed by atoms with Crippen LogP contribution in [0, 0.1) is 11.8 Å². The number of rotatable bonds is 5. The summed E-state index contributed by atoms with van der Waals surface area (Å²) in [5, 5.41) is 0. The van der Waals surface area contributed by atoms with E-state index >= 15 is 0 Å². The molecule has 1 aromatic rings. The summed E-state index contributed by atoms with van der Waals surface area (Å²) in [5.41, 5.74) is 2.74. The van der Waals surface area contributed by atoms with Crippen molar-refractivity contribution in [2.75, 3.05) is 0 Å². The van der Waals surface area contributed by atoms with Crippen molar-refractivity contribution in [3.8, 4) is 11.8 Å². The minimum Gasteiger partial charge on any atom is -0.0979 e. The Balaban J connectivity index is 2.38. The second-order valence-corrected chi connectivity index (χ2v) is 6.29. The van der Waals surface area contributed by atoms with Crippen molar-refractivity contribution in [3.05, 3.63) is 35.4 Å². The smallest absolute Gasteiger partial charge is 0.0245 e. The Labute approximate surface area is 119 Å². The first-order valence-electron chi connectivity index (χ1n) is 7.63. The van der Waals surface area contributed by atoms with E-state index in [1.165, 1.54) is 37.7 Å². The molecule has 0 aliphatic heterocycles. The van der Waals surface area contributed by atoms with E-state index in [0.717, 1.165) is 12.0 Å². The predicted molar refractivity (Wildman–Crippen MR) is 85.4 cm³/mol. The van der Waals surface area contributed by atoms with Gasteiger partial charge in [0.05, 0.1) is 0 Å². The van der Waals surface area contributed by atoms with Gasteiger partial charge < -0.3 is 0 Å². The van der Waals surface area contributed by atoms with Crippen molar-refractivity contribution < 1.29 is 0 Å². The molecule has 0 amide bonds. The monoisotopic (exact) mass is 256 g/mol. The van der Waals surface area contributed by atoms with Crippen LogP contribution in [0.3, 0.4) is 0 Å². The number of benzene rings is 1. The van der Waals surface area contributed by atoms with Gasteiger partial charge >= 0.3 is 0 Å². The van der Waals surface area contributed by atoms with Gasteiger partial charge in [0.15, 0.2) is 0 Å². The van der Waals surface area contributed by atoms with Gasteiger partial charge in [-0.15, -0.1) is 0 Å². The highest BCUT2D eigenvalue weighted by Gasteiger charge is 2.12. The lowest BCUT2D eigenvalue weighted by molar-refractivity contribution is 0.590. The predicted octanol–water partition coefficient (Wildman–Crippen LogP) is 5.70. The molecule has 104 valence electrons. The van der Waals surface area contributed by atoms with E-state index in [2.05, 4.69) is 63.8 Å². The van der Waals surface area contributed by atoms with Crippen LogP contribution in [-0.2, 0) is 5.41 Å². The summed E-state index contributed by atoms with van der Waals surface area (Å²) in [6, 6.07) is 8.69. The maximum atomic E-state index is 3.29. The Morgan fingerprint density at radius 1 is 0.895 bits per heavy atom. The summed E-state index contributed by atoms with van der Waals surface area (Å²) >= 11 is 0. The van der Waals surface area contributed by atoms with Crippen LogP contribution in [0.2, 0.25) is 0 Å². The fraction of sp³-hybridized carbons (Fsp3) is 0.579. The molecule has 0 atom stereocenters. The third-order valence-electron chi connectivity index (χ3n) is 3.39. The van der Waals surface area contributed by atoms with E-state index in [-0.39, 0.29) is 5.41 Å². The Kier molecular flexibility index (Phi) is 6.71. The van der Waals surface area contributed by atoms with Crippen molar-refractivity contribution in [3.63, 3.8) is 0 Å². The number of hydrogen-bond donors (Lipinski definition) is 0. The zero-order valence-corrected chi connectivity index (χ0v) is 13.1. The summed E-state index contributed by atoms with van der Waals surface area (Å²) < 4.78 is 0. The quantitative estimate of drug-likeness (QED) is 0.468. The Hall–Kier alpha value is -1.22. The zero-order valence-electron chi connectivity index (χ0n) is 13.1. The van der Waals surface area contributed by atoms with Crippen LogP contribution in [0.1, 0.15) is 77.3 Å². The molecule has 0 aliphatic rings. The van der Waals surface area contributed by atoms with E-state index in [1.54, 1.807) is 0 Å². The molecule has 0 N–H and O–H groups in total. The molecular weight excluding hydrogens is 228 g/mol. The van der Waals surface area contributed by atoms with Crippen molar-refractivity contribution in [2.45, 2.75) is 71.6 Å². The van der Waals surface area contributed by atoms with Gasteiger partial charge in [-0.3, -0.25) is 0 Å². The summed E-state index contributed by atoms with van der Waals surface area (Å²) in [7, 11) is 0. The molecule has 0 heteroatoms. The topological polar surface area (TPSA) is 0 Å². The highest BCUT2D eigenvalue weighted by atomic mass is 14.2. The molecule has 0 bridgehead atoms. The molecule has 1 aromatic carbocycles. The fourth-order valence-electron chi connectivity index (χ4n) is 2.04. The molecule has 0 unspecified atom stereocenters. The summed E-state index contributed by atoms with van der Waals surface area (Å²) in [5.74, 6) is 6.55. The van der Waals surface area contributed by atoms with Gasteiger partial charge in [0.2, 0.25) is 0 Å². The molecule has 0 aliphatic carbocycles. The highest BCUT2D eigenvalue weighted by molar-refractivity contribution is 5.37. The molecule has 0 fully saturated rings. The van der Waals surface area contributed by atoms with Crippen molar-refractivity contribution in [2.24, 2.45) is 0 Å². The third kappa shape index (κ3) is 6.48. The number of hydrogen-bond acceptors (Lipinski definition) is 0. The second-order valence-electron chi connectivity index (χ2n) is 6.29. The highest BCUT2D eigenvalue weighted by Crippen LogP contribution is 2.21. The minimum absolute atomic E-state index is 0.227. The normalized spacial score (nSPS) is 10.9. The SMILES string of the molecule is CCCCCCCC#Cc1ccc(C(C)(C)C)cc1. The minimum atomic E-state index is 0.227. The average molecular weight is 256 g/mol. The molecule has 0 spiro atoms. The molecular formula is C19H28. The van der Waals surface area contributed by atoms with Crippen LogP contribution in [0.15, 0.2) is 24.3 Å². The Morgan fingerprint density at radius 2 is 1.53 bits per heavy atom. The molecule has 19 heavy (non-hydrogen) atoms. The molecule has 0 radical (unpaired) electrons. The van der Waals surface area contributed by atoms with Gasteiger partial charge in [-0.1, -0.05) is 77.4 Å². The lowest BCUT2D eigenvalue weighted by atomic mass is 9.87. The lowest BCUT2D eigenvalue weighted by Crippen LogP contribution is -2.10. The first-order chi connectivity index (χ1) is 9.04. The molecule has 0 nitrogen and oxygen atoms in total. The Morgan fingerprint density at radius 3 is 2.11 bits per heavy atom. The van der Waals surface area contributed by atoms with Gasteiger partial charge in [0, 0.05) is 12.0 Å². The first-order valence-corrected chi connectivity index (χ1v) is 7.63. The van der Waals surface area contributed by atoms with E-state index in [0.29, 0.717) is 0 Å². The standard InChI is InChI=1S/C19H28/c1-5-6-7-8-9-10-11-12-17-13-15-18(16-14-17)19(2,3)4/h13-16H,5-10H2,1-4H3. The average Bonchev–Trinajstić information content (AvgIpc) is 2.37. The van der Waals surface area contributed by atoms with Gasteiger partial charge in [-0.2, -0.15) is 0 Å². The fourth-order valence-corrected chi connectivity index (χ4v) is 2.04. The van der Waals surface area contributed by atoms with E-state index < -0.39 is 0 Å². The number of unbranched alkanes of at least 4 members (excludes halogenated alkanes) is 5. The summed E-state index contributed by atoms with van der Waals surface area (Å²) in [6.45, 7) is 8.97. The van der Waals surface area contributed by atoms with Gasteiger partial charge in [-0.25, -0.2) is 0 Å². The summed E-state index contributed by atoms with van der Waals surface area (Å²) in [6.07, 6.45) is 7.63. The van der Waals surface area contributed by atoms with E-state index in [4.69, 9.17) is 0 Å². The largest absolute Gasteiger partial charge is 0.0979 e. The second kappa shape index (κ2) is 8.05. The van der Waals surface area contributed by atoms with Crippen molar-refractivity contribution >= 4 is 0 Å². The van der Waals surface area contributed by atoms with Gasteiger partial charge in [0.25, 0.3) is 0 Å². The van der Waals surface area contributed by atoms with Gasteiger partial charge in [-0.05, 0) is 29.5 Å². The molecule has 0 heterocycles. The zero-order chi connectivity index (χ0) is 14.1. The maximum absolute atomic E-state index is 3.29. The molecule has 0 saturated heterocycles. The first kappa shape index (κ1) is 15.8. The van der Waals surface area contributed by atoms with E-state index in [1.807, 2.05) is 0 Å². The van der Waals surface area contributed by atoms with Crippen molar-refractivity contribution in [1.29, 1.82) is 0 Å². The third-order valence-corrected chi connectivity index (χ3v) is 3.39. The van der Waals surface area contributed by atoms with E-state index in [9.17, 15) is 0 Å². The lowest BCUT2D eigenvalue weighted by Gasteiger charge is -2.18. The van der Waals surface area contributed by atoms with Gasteiger partial charge in [0.1, 0.15) is 0 Å². The van der Waals surface area contributed by atoms with Crippen LogP contribution < -0.4 is 0 Å². The van der Waals surface area contributed by atoms with Crippen LogP contribution in [0.4, 0.5) is 0 Å². The molecule has 1 rings (SSSR count). The van der Waals surface area contributed by atoms with Crippen LogP contribution in [-0.4, -0.2) is 0 Å². The maximum Gasteiger partial charge on any atom is 0.0245 e. The van der Waals surface area contributed by atoms with Crippen LogP contribution in [0.25, 0.3) is 0 Å².